The maximum atomic E-state index is 5.75. The van der Waals surface area contributed by atoms with E-state index in [9.17, 15) is 0 Å². The Bertz CT molecular complexity index is 984. The summed E-state index contributed by atoms with van der Waals surface area (Å²) in [6, 6.07) is 18.6. The first kappa shape index (κ1) is 20.4. The zero-order valence-electron chi connectivity index (χ0n) is 17.7. The molecule has 4 rings (SSSR count). The minimum Gasteiger partial charge on any atom is -0.494 e. The molecule has 1 aromatic carbocycles. The minimum absolute atomic E-state index is 0.00574. The molecule has 0 bridgehead atoms. The van der Waals surface area contributed by atoms with Gasteiger partial charge in [-0.25, -0.2) is 0 Å². The van der Waals surface area contributed by atoms with Gasteiger partial charge in [0.05, 0.1) is 24.4 Å². The van der Waals surface area contributed by atoms with Gasteiger partial charge < -0.3 is 19.5 Å². The Morgan fingerprint density at radius 1 is 1.10 bits per heavy atom. The van der Waals surface area contributed by atoms with Gasteiger partial charge in [0.25, 0.3) is 0 Å². The van der Waals surface area contributed by atoms with E-state index >= 15 is 0 Å². The highest BCUT2D eigenvalue weighted by Gasteiger charge is 2.41. The fourth-order valence-electron chi connectivity index (χ4n) is 4.06. The summed E-state index contributed by atoms with van der Waals surface area (Å²) in [5, 5.41) is 4.31. The lowest BCUT2D eigenvalue weighted by Gasteiger charge is -2.30. The van der Waals surface area contributed by atoms with Gasteiger partial charge in [0.2, 0.25) is 0 Å². The number of hydrogen-bond donors (Lipinski definition) is 1. The van der Waals surface area contributed by atoms with Crippen molar-refractivity contribution in [2.45, 2.75) is 32.9 Å². The highest BCUT2D eigenvalue weighted by Crippen LogP contribution is 2.40. The molecule has 1 aliphatic heterocycles. The smallest absolute Gasteiger partial charge is 0.170 e. The van der Waals surface area contributed by atoms with Crippen LogP contribution in [0.1, 0.15) is 44.2 Å². The van der Waals surface area contributed by atoms with Gasteiger partial charge in [-0.2, -0.15) is 0 Å². The molecule has 0 radical (unpaired) electrons. The second kappa shape index (κ2) is 8.88. The Labute approximate surface area is 183 Å². The summed E-state index contributed by atoms with van der Waals surface area (Å²) < 4.78 is 7.84. The first-order chi connectivity index (χ1) is 14.6. The van der Waals surface area contributed by atoms with E-state index < -0.39 is 0 Å². The molecule has 2 atom stereocenters. The Balaban J connectivity index is 1.75. The van der Waals surface area contributed by atoms with Crippen LogP contribution < -0.4 is 10.1 Å². The highest BCUT2D eigenvalue weighted by molar-refractivity contribution is 7.80. The van der Waals surface area contributed by atoms with Crippen molar-refractivity contribution in [3.63, 3.8) is 0 Å². The number of pyridine rings is 1. The van der Waals surface area contributed by atoms with Gasteiger partial charge in [-0.15, -0.1) is 0 Å². The molecule has 1 saturated heterocycles. The van der Waals surface area contributed by atoms with Crippen molar-refractivity contribution in [1.82, 2.24) is 19.8 Å². The maximum absolute atomic E-state index is 5.75. The molecule has 1 aliphatic rings. The third-order valence-electron chi connectivity index (χ3n) is 5.27. The molecule has 0 amide bonds. The van der Waals surface area contributed by atoms with Crippen LogP contribution >= 0.6 is 12.2 Å². The Hall–Kier alpha value is -2.86. The van der Waals surface area contributed by atoms with Crippen molar-refractivity contribution in [2.24, 2.45) is 5.92 Å². The summed E-state index contributed by atoms with van der Waals surface area (Å²) >= 11 is 5.75. The molecule has 2 aromatic heterocycles. The van der Waals surface area contributed by atoms with Crippen molar-refractivity contribution in [3.05, 3.63) is 78.4 Å². The molecule has 30 heavy (non-hydrogen) atoms. The largest absolute Gasteiger partial charge is 0.494 e. The average Bonchev–Trinajstić information content (AvgIpc) is 3.34. The number of ether oxygens (including phenoxy) is 1. The predicted molar refractivity (Wildman–Crippen MR) is 124 cm³/mol. The second-order valence-electron chi connectivity index (χ2n) is 7.90. The molecule has 0 spiro atoms. The van der Waals surface area contributed by atoms with E-state index in [4.69, 9.17) is 17.0 Å². The quantitative estimate of drug-likeness (QED) is 0.551. The molecule has 5 nitrogen and oxygen atoms in total. The molecule has 156 valence electrons. The van der Waals surface area contributed by atoms with Gasteiger partial charge in [0, 0.05) is 30.3 Å². The first-order valence-corrected chi connectivity index (χ1v) is 10.9. The Morgan fingerprint density at radius 2 is 1.90 bits per heavy atom. The third kappa shape index (κ3) is 4.05. The Kier molecular flexibility index (Phi) is 6.04. The van der Waals surface area contributed by atoms with E-state index in [1.54, 1.807) is 0 Å². The average molecular weight is 421 g/mol. The van der Waals surface area contributed by atoms with E-state index in [-0.39, 0.29) is 12.1 Å². The van der Waals surface area contributed by atoms with Crippen molar-refractivity contribution in [3.8, 4) is 11.4 Å². The van der Waals surface area contributed by atoms with Gasteiger partial charge in [0.15, 0.2) is 5.11 Å². The van der Waals surface area contributed by atoms with Crippen molar-refractivity contribution >= 4 is 17.3 Å². The third-order valence-corrected chi connectivity index (χ3v) is 5.62. The first-order valence-electron chi connectivity index (χ1n) is 10.5. The molecule has 1 N–H and O–H groups in total. The number of nitrogens with one attached hydrogen (secondary N) is 1. The number of thiocarbonyl (C=S) groups is 1. The highest BCUT2D eigenvalue weighted by atomic mass is 32.1. The lowest BCUT2D eigenvalue weighted by atomic mass is 10.0. The van der Waals surface area contributed by atoms with E-state index in [0.29, 0.717) is 12.5 Å². The van der Waals surface area contributed by atoms with E-state index in [0.717, 1.165) is 28.8 Å². The number of rotatable bonds is 7. The van der Waals surface area contributed by atoms with Crippen LogP contribution in [0.3, 0.4) is 0 Å². The van der Waals surface area contributed by atoms with Gasteiger partial charge >= 0.3 is 0 Å². The summed E-state index contributed by atoms with van der Waals surface area (Å²) in [5.41, 5.74) is 3.28. The van der Waals surface area contributed by atoms with Crippen LogP contribution in [0.4, 0.5) is 0 Å². The van der Waals surface area contributed by atoms with Gasteiger partial charge in [-0.1, -0.05) is 19.9 Å². The van der Waals surface area contributed by atoms with E-state index in [2.05, 4.69) is 70.1 Å². The lowest BCUT2D eigenvalue weighted by molar-refractivity contribution is 0.280. The van der Waals surface area contributed by atoms with E-state index in [1.165, 1.54) is 5.69 Å². The van der Waals surface area contributed by atoms with Crippen LogP contribution in [-0.2, 0) is 0 Å². The van der Waals surface area contributed by atoms with Crippen LogP contribution in [0.5, 0.6) is 5.75 Å². The molecule has 2 unspecified atom stereocenters. The van der Waals surface area contributed by atoms with Crippen LogP contribution in [0, 0.1) is 5.92 Å². The molecular formula is C24H28N4OS. The number of benzene rings is 1. The zero-order chi connectivity index (χ0) is 21.1. The maximum Gasteiger partial charge on any atom is 0.170 e. The van der Waals surface area contributed by atoms with Crippen LogP contribution in [0.25, 0.3) is 5.69 Å². The summed E-state index contributed by atoms with van der Waals surface area (Å²) in [6.45, 7) is 7.98. The van der Waals surface area contributed by atoms with Crippen LogP contribution in [0.15, 0.2) is 67.0 Å². The monoisotopic (exact) mass is 420 g/mol. The molecule has 0 saturated carbocycles. The molecule has 6 heteroatoms. The Morgan fingerprint density at radius 3 is 2.57 bits per heavy atom. The van der Waals surface area contributed by atoms with Gasteiger partial charge in [-0.05, 0) is 73.6 Å². The molecule has 1 fully saturated rings. The topological polar surface area (TPSA) is 42.3 Å². The number of aromatic nitrogens is 2. The van der Waals surface area contributed by atoms with Gasteiger partial charge in [-0.3, -0.25) is 4.98 Å². The van der Waals surface area contributed by atoms with Crippen molar-refractivity contribution in [1.29, 1.82) is 0 Å². The van der Waals surface area contributed by atoms with Crippen molar-refractivity contribution in [2.75, 3.05) is 13.2 Å². The summed E-state index contributed by atoms with van der Waals surface area (Å²) in [7, 11) is 0. The number of nitrogens with zero attached hydrogens (tertiary/aromatic N) is 3. The minimum atomic E-state index is -0.00574. The molecule has 0 aliphatic carbocycles. The second-order valence-corrected chi connectivity index (χ2v) is 8.29. The molecular weight excluding hydrogens is 392 g/mol. The molecule has 3 aromatic rings. The molecule has 3 heterocycles. The van der Waals surface area contributed by atoms with Gasteiger partial charge in [0.1, 0.15) is 5.75 Å². The van der Waals surface area contributed by atoms with Crippen LogP contribution in [0.2, 0.25) is 0 Å². The zero-order valence-corrected chi connectivity index (χ0v) is 18.5. The van der Waals surface area contributed by atoms with Crippen molar-refractivity contribution < 1.29 is 4.74 Å². The number of hydrogen-bond acceptors (Lipinski definition) is 3. The lowest BCUT2D eigenvalue weighted by Crippen LogP contribution is -2.33. The SMILES string of the molecule is CCOc1ccc(-n2cccc2C2C(c3ccccn3)NC(=S)N2CC(C)C)cc1. The van der Waals surface area contributed by atoms with E-state index in [1.807, 2.05) is 37.4 Å². The normalized spacial score (nSPS) is 18.7. The summed E-state index contributed by atoms with van der Waals surface area (Å²) in [6.07, 6.45) is 3.95. The fourth-order valence-corrected chi connectivity index (χ4v) is 4.37. The van der Waals surface area contributed by atoms with Crippen LogP contribution in [-0.4, -0.2) is 32.7 Å². The summed E-state index contributed by atoms with van der Waals surface area (Å²) in [4.78, 5) is 6.93. The fraction of sp³-hybridized carbons (Fsp3) is 0.333. The summed E-state index contributed by atoms with van der Waals surface area (Å²) in [5.74, 6) is 1.37. The standard InChI is InChI=1S/C24H28N4OS/c1-4-29-19-12-10-18(11-13-19)27-15-7-9-21(27)23-22(20-8-5-6-14-25-20)26-24(30)28(23)16-17(2)3/h5-15,17,22-23H,4,16H2,1-3H3,(H,26,30). The predicted octanol–water partition coefficient (Wildman–Crippen LogP) is 4.90.